The zero-order valence-corrected chi connectivity index (χ0v) is 11.9. The average molecular weight is 299 g/mol. The lowest BCUT2D eigenvalue weighted by atomic mass is 10.1. The normalized spacial score (nSPS) is 22.6. The smallest absolute Gasteiger partial charge is 0.317 e. The first-order valence-electron chi connectivity index (χ1n) is 6.69. The van der Waals surface area contributed by atoms with E-state index in [9.17, 15) is 15.0 Å². The number of hydrogen-bond donors (Lipinski definition) is 3. The minimum absolute atomic E-state index is 0.171. The summed E-state index contributed by atoms with van der Waals surface area (Å²) in [5.74, 6) is 0. The van der Waals surface area contributed by atoms with Gasteiger partial charge < -0.3 is 20.4 Å². The van der Waals surface area contributed by atoms with Crippen LogP contribution >= 0.6 is 11.6 Å². The van der Waals surface area contributed by atoms with Gasteiger partial charge in [0.05, 0.1) is 18.8 Å². The fourth-order valence-corrected chi connectivity index (χ4v) is 2.43. The number of aliphatic hydroxyl groups excluding tert-OH is 2. The van der Waals surface area contributed by atoms with E-state index in [0.717, 1.165) is 5.56 Å². The molecule has 2 atom stereocenters. The maximum absolute atomic E-state index is 11.9. The highest BCUT2D eigenvalue weighted by Crippen LogP contribution is 2.12. The molecule has 2 amide bonds. The van der Waals surface area contributed by atoms with Crippen LogP contribution in [-0.4, -0.2) is 53.0 Å². The molecule has 110 valence electrons. The fraction of sp³-hybridized carbons (Fsp3) is 0.500. The summed E-state index contributed by atoms with van der Waals surface area (Å²) in [6.45, 7) is 1.14. The third-order valence-electron chi connectivity index (χ3n) is 3.41. The number of aliphatic hydroxyl groups is 2. The second-order valence-corrected chi connectivity index (χ2v) is 5.42. The molecule has 0 aliphatic carbocycles. The fourth-order valence-electron chi connectivity index (χ4n) is 2.22. The number of β-amino-alcohol motifs (C(OH)–C–C–N with tert-alkyl or cyclic N) is 1. The average Bonchev–Trinajstić information content (AvgIpc) is 2.42. The van der Waals surface area contributed by atoms with Gasteiger partial charge in [-0.15, -0.1) is 0 Å². The summed E-state index contributed by atoms with van der Waals surface area (Å²) in [7, 11) is 0. The molecule has 2 rings (SSSR count). The number of urea groups is 1. The lowest BCUT2D eigenvalue weighted by Gasteiger charge is -2.33. The minimum atomic E-state index is -0.859. The first-order chi connectivity index (χ1) is 9.56. The molecule has 1 heterocycles. The van der Waals surface area contributed by atoms with Crippen LogP contribution in [0.25, 0.3) is 0 Å². The molecular formula is C14H19ClN2O3. The highest BCUT2D eigenvalue weighted by molar-refractivity contribution is 6.30. The molecule has 6 heteroatoms. The van der Waals surface area contributed by atoms with E-state index in [4.69, 9.17) is 11.6 Å². The van der Waals surface area contributed by atoms with Crippen LogP contribution in [0.1, 0.15) is 12.0 Å². The number of hydrogen-bond acceptors (Lipinski definition) is 3. The SMILES string of the molecule is O=C(NCCc1cccc(Cl)c1)N1CCC(O)C(O)C1. The summed E-state index contributed by atoms with van der Waals surface area (Å²) in [6, 6.07) is 7.30. The van der Waals surface area contributed by atoms with Crippen molar-refractivity contribution < 1.29 is 15.0 Å². The van der Waals surface area contributed by atoms with Crippen molar-refractivity contribution in [1.29, 1.82) is 0 Å². The second-order valence-electron chi connectivity index (χ2n) is 4.98. The molecule has 1 aliphatic rings. The predicted octanol–water partition coefficient (Wildman–Crippen LogP) is 1.02. The summed E-state index contributed by atoms with van der Waals surface area (Å²) in [6.07, 6.45) is -0.485. The lowest BCUT2D eigenvalue weighted by molar-refractivity contribution is -0.0276. The number of rotatable bonds is 3. The Morgan fingerprint density at radius 3 is 2.90 bits per heavy atom. The van der Waals surface area contributed by atoms with E-state index in [0.29, 0.717) is 31.0 Å². The van der Waals surface area contributed by atoms with Crippen LogP contribution in [0.15, 0.2) is 24.3 Å². The molecule has 1 aromatic carbocycles. The summed E-state index contributed by atoms with van der Waals surface area (Å²) in [5.41, 5.74) is 1.06. The third-order valence-corrected chi connectivity index (χ3v) is 3.65. The molecule has 0 radical (unpaired) electrons. The van der Waals surface area contributed by atoms with Crippen molar-refractivity contribution in [3.63, 3.8) is 0 Å². The number of halogens is 1. The second kappa shape index (κ2) is 6.92. The van der Waals surface area contributed by atoms with Gasteiger partial charge in [0.2, 0.25) is 0 Å². The molecular weight excluding hydrogens is 280 g/mol. The van der Waals surface area contributed by atoms with Gasteiger partial charge in [0.25, 0.3) is 0 Å². The molecule has 1 fully saturated rings. The van der Waals surface area contributed by atoms with Crippen LogP contribution in [0.5, 0.6) is 0 Å². The first-order valence-corrected chi connectivity index (χ1v) is 7.07. The highest BCUT2D eigenvalue weighted by atomic mass is 35.5. The Bertz CT molecular complexity index is 469. The topological polar surface area (TPSA) is 72.8 Å². The largest absolute Gasteiger partial charge is 0.390 e. The number of nitrogens with zero attached hydrogens (tertiary/aromatic N) is 1. The zero-order valence-electron chi connectivity index (χ0n) is 11.1. The van der Waals surface area contributed by atoms with Crippen LogP contribution in [0.4, 0.5) is 4.79 Å². The van der Waals surface area contributed by atoms with E-state index in [1.807, 2.05) is 24.3 Å². The number of likely N-dealkylation sites (tertiary alicyclic amines) is 1. The highest BCUT2D eigenvalue weighted by Gasteiger charge is 2.28. The zero-order chi connectivity index (χ0) is 14.5. The number of nitrogens with one attached hydrogen (secondary N) is 1. The van der Waals surface area contributed by atoms with Crippen molar-refractivity contribution in [2.24, 2.45) is 0 Å². The number of piperidine rings is 1. The third kappa shape index (κ3) is 4.10. The molecule has 1 aromatic rings. The Morgan fingerprint density at radius 1 is 1.40 bits per heavy atom. The maximum Gasteiger partial charge on any atom is 0.317 e. The molecule has 0 aromatic heterocycles. The van der Waals surface area contributed by atoms with E-state index >= 15 is 0 Å². The summed E-state index contributed by atoms with van der Waals surface area (Å²) in [4.78, 5) is 13.4. The monoisotopic (exact) mass is 298 g/mol. The van der Waals surface area contributed by atoms with Gasteiger partial charge in [-0.3, -0.25) is 0 Å². The van der Waals surface area contributed by atoms with E-state index in [2.05, 4.69) is 5.32 Å². The molecule has 0 saturated carbocycles. The Morgan fingerprint density at radius 2 is 2.20 bits per heavy atom. The summed E-state index contributed by atoms with van der Waals surface area (Å²) >= 11 is 5.89. The van der Waals surface area contributed by atoms with Crippen molar-refractivity contribution >= 4 is 17.6 Å². The molecule has 2 unspecified atom stereocenters. The van der Waals surface area contributed by atoms with Gasteiger partial charge in [0.1, 0.15) is 0 Å². The van der Waals surface area contributed by atoms with E-state index in [1.165, 1.54) is 4.90 Å². The Labute approximate surface area is 123 Å². The van der Waals surface area contributed by atoms with Crippen LogP contribution in [0.2, 0.25) is 5.02 Å². The molecule has 20 heavy (non-hydrogen) atoms. The van der Waals surface area contributed by atoms with Crippen molar-refractivity contribution in [2.75, 3.05) is 19.6 Å². The van der Waals surface area contributed by atoms with Crippen LogP contribution in [0, 0.1) is 0 Å². The minimum Gasteiger partial charge on any atom is -0.390 e. The maximum atomic E-state index is 11.9. The van der Waals surface area contributed by atoms with Gasteiger partial charge >= 0.3 is 6.03 Å². The molecule has 3 N–H and O–H groups in total. The molecule has 1 saturated heterocycles. The van der Waals surface area contributed by atoms with E-state index in [1.54, 1.807) is 0 Å². The Kier molecular flexibility index (Phi) is 5.23. The van der Waals surface area contributed by atoms with Crippen molar-refractivity contribution in [2.45, 2.75) is 25.0 Å². The van der Waals surface area contributed by atoms with Crippen LogP contribution in [0.3, 0.4) is 0 Å². The Balaban J connectivity index is 1.75. The molecule has 0 spiro atoms. The quantitative estimate of drug-likeness (QED) is 0.780. The number of amides is 2. The van der Waals surface area contributed by atoms with Crippen LogP contribution < -0.4 is 5.32 Å². The lowest BCUT2D eigenvalue weighted by Crippen LogP contribution is -2.52. The van der Waals surface area contributed by atoms with Gasteiger partial charge in [-0.2, -0.15) is 0 Å². The number of carbonyl (C=O) groups is 1. The predicted molar refractivity (Wildman–Crippen MR) is 76.8 cm³/mol. The van der Waals surface area contributed by atoms with Gasteiger partial charge in [-0.05, 0) is 30.5 Å². The van der Waals surface area contributed by atoms with Crippen molar-refractivity contribution in [3.05, 3.63) is 34.9 Å². The molecule has 0 bridgehead atoms. The summed E-state index contributed by atoms with van der Waals surface area (Å²) < 4.78 is 0. The molecule has 1 aliphatic heterocycles. The van der Waals surface area contributed by atoms with Gasteiger partial charge in [0, 0.05) is 18.1 Å². The van der Waals surface area contributed by atoms with Gasteiger partial charge in [-0.1, -0.05) is 23.7 Å². The Hall–Kier alpha value is -1.30. The van der Waals surface area contributed by atoms with E-state index in [-0.39, 0.29) is 12.6 Å². The van der Waals surface area contributed by atoms with Gasteiger partial charge in [0.15, 0.2) is 0 Å². The molecule has 5 nitrogen and oxygen atoms in total. The summed E-state index contributed by atoms with van der Waals surface area (Å²) in [5, 5.41) is 22.4. The van der Waals surface area contributed by atoms with Crippen molar-refractivity contribution in [1.82, 2.24) is 10.2 Å². The van der Waals surface area contributed by atoms with Crippen molar-refractivity contribution in [3.8, 4) is 0 Å². The van der Waals surface area contributed by atoms with Crippen LogP contribution in [-0.2, 0) is 6.42 Å². The number of carbonyl (C=O) groups excluding carboxylic acids is 1. The van der Waals surface area contributed by atoms with Gasteiger partial charge in [-0.25, -0.2) is 4.79 Å². The first kappa shape index (κ1) is 15.1. The standard InChI is InChI=1S/C14H19ClN2O3/c15-11-3-1-2-10(8-11)4-6-16-14(20)17-7-5-12(18)13(19)9-17/h1-3,8,12-13,18-19H,4-7,9H2,(H,16,20). The number of benzene rings is 1. The van der Waals surface area contributed by atoms with E-state index < -0.39 is 12.2 Å².